The van der Waals surface area contributed by atoms with Gasteiger partial charge in [0.2, 0.25) is 0 Å². The van der Waals surface area contributed by atoms with Gasteiger partial charge in [0.25, 0.3) is 0 Å². The molecule has 1 aliphatic rings. The van der Waals surface area contributed by atoms with Crippen LogP contribution in [0.15, 0.2) is 51.4 Å². The maximum Gasteiger partial charge on any atom is 0.410 e. The fraction of sp³-hybridized carbons (Fsp3) is 0.424. The number of aliphatic imine (C=N–C) groups is 1. The number of hydrogen-bond acceptors (Lipinski definition) is 8. The van der Waals surface area contributed by atoms with Gasteiger partial charge in [0.05, 0.1) is 22.3 Å². The Kier molecular flexibility index (Phi) is 9.46. The molecule has 0 spiro atoms. The average molecular weight is 623 g/mol. The number of halogens is 2. The highest BCUT2D eigenvalue weighted by Crippen LogP contribution is 2.37. The highest BCUT2D eigenvalue weighted by Gasteiger charge is 2.33. The minimum atomic E-state index is -0.921. The predicted molar refractivity (Wildman–Crippen MR) is 172 cm³/mol. The molecule has 12 heteroatoms. The Bertz CT molecular complexity index is 1750. The van der Waals surface area contributed by atoms with Crippen molar-refractivity contribution in [1.29, 1.82) is 0 Å². The van der Waals surface area contributed by atoms with Gasteiger partial charge < -0.3 is 19.6 Å². The standard InChI is InChI=1S/C33H40F2N6O4/c1-10-19(4)28(26(36-9)18(2)3)41-30-21(16-23(35)27(37-30)25-22(34)12-11-13-24(25)42)29(38-31(41)43)40-15-14-39(17-20(40)5)32(44)45-33(6,7)8/h10-13,16,18,20,42H,9,14-15,17H2,1-8H3/b19-10-,28-26+/t20-/m0/s1. The number of aromatic hydroxyl groups is 1. The van der Waals surface area contributed by atoms with Crippen molar-refractivity contribution in [2.75, 3.05) is 24.5 Å². The van der Waals surface area contributed by atoms with E-state index in [-0.39, 0.29) is 48.4 Å². The van der Waals surface area contributed by atoms with E-state index in [2.05, 4.69) is 21.7 Å². The normalized spacial score (nSPS) is 16.7. The highest BCUT2D eigenvalue weighted by atomic mass is 19.1. The maximum atomic E-state index is 16.0. The first-order valence-corrected chi connectivity index (χ1v) is 14.8. The largest absolute Gasteiger partial charge is 0.507 e. The van der Waals surface area contributed by atoms with Crippen molar-refractivity contribution in [3.63, 3.8) is 0 Å². The molecule has 1 aromatic carbocycles. The molecular weight excluding hydrogens is 582 g/mol. The number of aromatic nitrogens is 3. The van der Waals surface area contributed by atoms with E-state index in [0.717, 1.165) is 12.1 Å². The Morgan fingerprint density at radius 2 is 1.89 bits per heavy atom. The van der Waals surface area contributed by atoms with Crippen LogP contribution in [0.3, 0.4) is 0 Å². The predicted octanol–water partition coefficient (Wildman–Crippen LogP) is 6.38. The summed E-state index contributed by atoms with van der Waals surface area (Å²) in [6, 6.07) is 4.42. The summed E-state index contributed by atoms with van der Waals surface area (Å²) in [5, 5.41) is 10.7. The van der Waals surface area contributed by atoms with Crippen LogP contribution in [0.4, 0.5) is 19.4 Å². The van der Waals surface area contributed by atoms with E-state index in [1.165, 1.54) is 16.7 Å². The molecule has 0 saturated carbocycles. The molecule has 1 fully saturated rings. The second kappa shape index (κ2) is 12.8. The molecule has 45 heavy (non-hydrogen) atoms. The molecule has 3 heterocycles. The number of phenolic OH excluding ortho intramolecular Hbond substituents is 1. The lowest BCUT2D eigenvalue weighted by Gasteiger charge is -2.41. The lowest BCUT2D eigenvalue weighted by Crippen LogP contribution is -2.55. The summed E-state index contributed by atoms with van der Waals surface area (Å²) in [6.45, 7) is 19.1. The molecule has 1 atom stereocenters. The number of carbonyl (C=O) groups is 1. The zero-order valence-corrected chi connectivity index (χ0v) is 27.0. The quantitative estimate of drug-likeness (QED) is 0.251. The summed E-state index contributed by atoms with van der Waals surface area (Å²) >= 11 is 0. The third kappa shape index (κ3) is 6.59. The molecule has 240 valence electrons. The van der Waals surface area contributed by atoms with Crippen LogP contribution in [0.2, 0.25) is 0 Å². The fourth-order valence-electron chi connectivity index (χ4n) is 5.37. The Morgan fingerprint density at radius 3 is 2.44 bits per heavy atom. The minimum Gasteiger partial charge on any atom is -0.507 e. The van der Waals surface area contributed by atoms with Gasteiger partial charge in [-0.1, -0.05) is 26.0 Å². The number of allylic oxidation sites excluding steroid dienone is 4. The topological polar surface area (TPSA) is 113 Å². The molecule has 1 aliphatic heterocycles. The van der Waals surface area contributed by atoms with Gasteiger partial charge in [0.15, 0.2) is 11.5 Å². The number of ether oxygens (including phenoxy) is 1. The van der Waals surface area contributed by atoms with Gasteiger partial charge in [-0.3, -0.25) is 4.99 Å². The van der Waals surface area contributed by atoms with Crippen molar-refractivity contribution in [3.05, 3.63) is 63.7 Å². The molecule has 0 radical (unpaired) electrons. The number of piperazine rings is 1. The van der Waals surface area contributed by atoms with Crippen LogP contribution in [0.5, 0.6) is 5.75 Å². The van der Waals surface area contributed by atoms with Crippen LogP contribution in [0, 0.1) is 17.6 Å². The number of rotatable bonds is 6. The van der Waals surface area contributed by atoms with E-state index in [4.69, 9.17) is 4.74 Å². The van der Waals surface area contributed by atoms with Crippen molar-refractivity contribution in [3.8, 4) is 17.0 Å². The van der Waals surface area contributed by atoms with Crippen LogP contribution in [-0.4, -0.2) is 68.6 Å². The number of amides is 1. The molecule has 4 rings (SSSR count). The number of pyridine rings is 1. The lowest BCUT2D eigenvalue weighted by molar-refractivity contribution is 0.0218. The number of hydrogen-bond donors (Lipinski definition) is 1. The number of phenols is 1. The van der Waals surface area contributed by atoms with E-state index in [0.29, 0.717) is 17.0 Å². The number of nitrogens with zero attached hydrogens (tertiary/aromatic N) is 6. The third-order valence-corrected chi connectivity index (χ3v) is 7.57. The summed E-state index contributed by atoms with van der Waals surface area (Å²) in [5.41, 5.74) is -0.812. The molecule has 1 amide bonds. The molecule has 0 bridgehead atoms. The monoisotopic (exact) mass is 622 g/mol. The van der Waals surface area contributed by atoms with Crippen molar-refractivity contribution in [2.24, 2.45) is 10.9 Å². The maximum absolute atomic E-state index is 16.0. The van der Waals surface area contributed by atoms with Gasteiger partial charge in [-0.05, 0) is 78.0 Å². The van der Waals surface area contributed by atoms with Gasteiger partial charge >= 0.3 is 11.8 Å². The molecule has 0 aliphatic carbocycles. The zero-order valence-electron chi connectivity index (χ0n) is 27.0. The van der Waals surface area contributed by atoms with Crippen LogP contribution in [-0.2, 0) is 4.74 Å². The second-order valence-electron chi connectivity index (χ2n) is 12.4. The summed E-state index contributed by atoms with van der Waals surface area (Å²) in [4.78, 5) is 43.4. The van der Waals surface area contributed by atoms with Gasteiger partial charge in [0, 0.05) is 25.7 Å². The van der Waals surface area contributed by atoms with Crippen LogP contribution in [0.25, 0.3) is 28.0 Å². The number of benzene rings is 1. The third-order valence-electron chi connectivity index (χ3n) is 7.57. The number of anilines is 1. The van der Waals surface area contributed by atoms with E-state index >= 15 is 8.78 Å². The van der Waals surface area contributed by atoms with Crippen LogP contribution >= 0.6 is 0 Å². The van der Waals surface area contributed by atoms with Crippen LogP contribution in [0.1, 0.15) is 55.4 Å². The van der Waals surface area contributed by atoms with Crippen molar-refractivity contribution >= 4 is 35.4 Å². The molecule has 3 aromatic rings. The van der Waals surface area contributed by atoms with Gasteiger partial charge in [-0.25, -0.2) is 27.9 Å². The van der Waals surface area contributed by atoms with E-state index < -0.39 is 46.0 Å². The lowest BCUT2D eigenvalue weighted by atomic mass is 10.0. The van der Waals surface area contributed by atoms with Gasteiger partial charge in [0.1, 0.15) is 28.7 Å². The summed E-state index contributed by atoms with van der Waals surface area (Å²) in [7, 11) is 0. The summed E-state index contributed by atoms with van der Waals surface area (Å²) in [5.74, 6) is -2.33. The van der Waals surface area contributed by atoms with Crippen molar-refractivity contribution in [1.82, 2.24) is 19.4 Å². The SMILES string of the molecule is C=N/C(=C(\C(C)=C/C)n1c(=O)nc(N2CCN(C(=O)OC(C)(C)C)C[C@@H]2C)c2cc(F)c(-c3c(O)cccc3F)nc21)C(C)C. The smallest absolute Gasteiger partial charge is 0.410 e. The zero-order chi connectivity index (χ0) is 33.4. The second-order valence-corrected chi connectivity index (χ2v) is 12.4. The van der Waals surface area contributed by atoms with Gasteiger partial charge in [-0.15, -0.1) is 0 Å². The molecule has 0 unspecified atom stereocenters. The molecule has 2 aromatic heterocycles. The first-order chi connectivity index (χ1) is 21.1. The fourth-order valence-corrected chi connectivity index (χ4v) is 5.37. The van der Waals surface area contributed by atoms with E-state index in [1.807, 2.05) is 25.7 Å². The van der Waals surface area contributed by atoms with Gasteiger partial charge in [-0.2, -0.15) is 4.98 Å². The first-order valence-electron chi connectivity index (χ1n) is 14.8. The minimum absolute atomic E-state index is 0.0103. The first kappa shape index (κ1) is 33.3. The molecular formula is C33H40F2N6O4. The highest BCUT2D eigenvalue weighted by molar-refractivity contribution is 5.92. The average Bonchev–Trinajstić information content (AvgIpc) is 2.95. The van der Waals surface area contributed by atoms with Crippen molar-refractivity contribution in [2.45, 2.75) is 67.0 Å². The Labute approximate surface area is 261 Å². The summed E-state index contributed by atoms with van der Waals surface area (Å²) < 4.78 is 37.7. The Balaban J connectivity index is 2.03. The van der Waals surface area contributed by atoms with Crippen molar-refractivity contribution < 1.29 is 23.4 Å². The Hall–Kier alpha value is -4.61. The number of fused-ring (bicyclic) bond motifs is 1. The van der Waals surface area contributed by atoms with Crippen LogP contribution < -0.4 is 10.6 Å². The summed E-state index contributed by atoms with van der Waals surface area (Å²) in [6.07, 6.45) is 1.33. The molecule has 1 N–H and O–H groups in total. The van der Waals surface area contributed by atoms with E-state index in [1.54, 1.807) is 45.6 Å². The Morgan fingerprint density at radius 1 is 1.20 bits per heavy atom. The number of carbonyl (C=O) groups excluding carboxylic acids is 1. The molecule has 1 saturated heterocycles. The van der Waals surface area contributed by atoms with E-state index in [9.17, 15) is 14.7 Å². The molecule has 10 nitrogen and oxygen atoms in total.